The highest BCUT2D eigenvalue weighted by atomic mass is 19.4. The highest BCUT2D eigenvalue weighted by molar-refractivity contribution is 5.98. The molecule has 2 saturated carbocycles. The Kier molecular flexibility index (Phi) is 15.2. The molecule has 1 aromatic heterocycles. The molecule has 14 nitrogen and oxygen atoms in total. The van der Waals surface area contributed by atoms with E-state index in [1.807, 2.05) is 19.1 Å². The van der Waals surface area contributed by atoms with Gasteiger partial charge >= 0.3 is 30.0 Å². The number of hydrogen-bond donors (Lipinski definition) is 5. The average Bonchev–Trinajstić information content (AvgIpc) is 3.81. The summed E-state index contributed by atoms with van der Waals surface area (Å²) < 4.78 is 103. The highest BCUT2D eigenvalue weighted by Crippen LogP contribution is 2.42. The van der Waals surface area contributed by atoms with Gasteiger partial charge in [-0.1, -0.05) is 30.3 Å². The van der Waals surface area contributed by atoms with Crippen molar-refractivity contribution < 1.29 is 64.2 Å². The molecule has 3 aromatic carbocycles. The number of nitrogens with one attached hydrogen (secondary N) is 4. The summed E-state index contributed by atoms with van der Waals surface area (Å²) in [5.74, 6) is -18.2. The number of carbonyl (C=O) groups excluding carboxylic acids is 5. The van der Waals surface area contributed by atoms with Gasteiger partial charge in [0.15, 0.2) is 5.82 Å². The van der Waals surface area contributed by atoms with E-state index in [9.17, 15) is 54.7 Å². The third-order valence-electron chi connectivity index (χ3n) is 11.9. The number of rotatable bonds is 15. The van der Waals surface area contributed by atoms with Crippen LogP contribution in [0.5, 0.6) is 0 Å². The van der Waals surface area contributed by atoms with Gasteiger partial charge in [0.05, 0.1) is 7.11 Å². The Morgan fingerprint density at radius 1 is 0.818 bits per heavy atom. The van der Waals surface area contributed by atoms with Gasteiger partial charge in [-0.3, -0.25) is 19.5 Å². The van der Waals surface area contributed by atoms with Gasteiger partial charge in [0.2, 0.25) is 17.6 Å². The lowest BCUT2D eigenvalue weighted by atomic mass is 9.81. The van der Waals surface area contributed by atoms with Crippen molar-refractivity contribution in [2.75, 3.05) is 19.0 Å². The molecule has 6 N–H and O–H groups in total. The Morgan fingerprint density at radius 2 is 1.45 bits per heavy atom. The van der Waals surface area contributed by atoms with Crippen LogP contribution in [0, 0.1) is 18.8 Å². The van der Waals surface area contributed by atoms with Crippen LogP contribution in [0.1, 0.15) is 78.7 Å². The number of aromatic amines is 1. The average molecular weight is 932 g/mol. The first-order valence-corrected chi connectivity index (χ1v) is 21.2. The molecule has 2 fully saturated rings. The fraction of sp³-hybridized carbons (Fsp3) is 0.444. The van der Waals surface area contributed by atoms with Gasteiger partial charge in [-0.25, -0.2) is 14.6 Å². The number of halogens is 7. The number of H-pyrrole nitrogens is 1. The first-order chi connectivity index (χ1) is 31.2. The van der Waals surface area contributed by atoms with E-state index in [1.165, 1.54) is 24.3 Å². The molecule has 3 amide bonds. The fourth-order valence-electron chi connectivity index (χ4n) is 8.02. The number of methoxy groups -OCH3 is 1. The molecule has 354 valence electrons. The molecule has 0 bridgehead atoms. The first kappa shape index (κ1) is 49.1. The van der Waals surface area contributed by atoms with E-state index in [0.29, 0.717) is 56.4 Å². The lowest BCUT2D eigenvalue weighted by molar-refractivity contribution is -0.233. The molecule has 0 radical (unpaired) electrons. The molecule has 0 saturated heterocycles. The second-order valence-corrected chi connectivity index (χ2v) is 16.5. The zero-order chi connectivity index (χ0) is 48.0. The summed E-state index contributed by atoms with van der Waals surface area (Å²) in [4.78, 5) is 66.5. The number of amides is 3. The minimum atomic E-state index is -5.23. The molecule has 1 unspecified atom stereocenters. The van der Waals surface area contributed by atoms with E-state index in [4.69, 9.17) is 5.73 Å². The fourth-order valence-corrected chi connectivity index (χ4v) is 8.02. The van der Waals surface area contributed by atoms with Crippen LogP contribution in [0.3, 0.4) is 0 Å². The Morgan fingerprint density at radius 3 is 2.05 bits per heavy atom. The number of alkyl halides is 7. The normalized spacial score (nSPS) is 19.5. The number of aryl methyl sites for hydroxylation is 1. The number of benzene rings is 3. The molecule has 1 atom stereocenters. The van der Waals surface area contributed by atoms with Crippen molar-refractivity contribution in [1.82, 2.24) is 25.8 Å². The number of aromatic nitrogens is 3. The summed E-state index contributed by atoms with van der Waals surface area (Å²) in [5.41, 5.74) is 9.67. The van der Waals surface area contributed by atoms with Crippen LogP contribution < -0.4 is 21.7 Å². The Hall–Kier alpha value is -6.38. The van der Waals surface area contributed by atoms with Crippen molar-refractivity contribution >= 4 is 35.3 Å². The van der Waals surface area contributed by atoms with Gasteiger partial charge in [0.25, 0.3) is 5.91 Å². The van der Waals surface area contributed by atoms with E-state index in [0.717, 1.165) is 29.5 Å². The van der Waals surface area contributed by atoms with Crippen molar-refractivity contribution in [3.8, 4) is 22.5 Å². The largest absolute Gasteiger partial charge is 0.490 e. The summed E-state index contributed by atoms with van der Waals surface area (Å²) in [6.07, 6.45) is -2.02. The van der Waals surface area contributed by atoms with Crippen LogP contribution in [0.4, 0.5) is 36.4 Å². The molecule has 0 spiro atoms. The van der Waals surface area contributed by atoms with Gasteiger partial charge in [-0.2, -0.15) is 35.8 Å². The Balaban J connectivity index is 1.10. The van der Waals surface area contributed by atoms with Crippen molar-refractivity contribution in [1.29, 1.82) is 0 Å². The first-order valence-electron chi connectivity index (χ1n) is 21.2. The SMILES string of the molecule is COC(=O)C(F)(F)C(F)(F)c1nc(-c2ccc(NC(=O)C(Cc3ccc(-c4ccc(C(=O)NC5CCC(OC(=O)C(F)(F)F)CC5)cc4C)cc3)NC(=O)C3CCC(CN)CC3)cc2)n[nH]1. The summed E-state index contributed by atoms with van der Waals surface area (Å²) in [7, 11) is 0.539. The van der Waals surface area contributed by atoms with Gasteiger partial charge in [0.1, 0.15) is 12.1 Å². The molecule has 2 aliphatic carbocycles. The molecule has 1 heterocycles. The van der Waals surface area contributed by atoms with Crippen molar-refractivity contribution in [2.45, 2.75) is 101 Å². The molecular weight excluding hydrogens is 884 g/mol. The third kappa shape index (κ3) is 11.5. The van der Waals surface area contributed by atoms with Crippen molar-refractivity contribution in [3.63, 3.8) is 0 Å². The van der Waals surface area contributed by atoms with Crippen LogP contribution in [0.25, 0.3) is 22.5 Å². The number of hydrogen-bond acceptors (Lipinski definition) is 10. The Bertz CT molecular complexity index is 2380. The van der Waals surface area contributed by atoms with E-state index in [2.05, 4.69) is 35.5 Å². The smallest absolute Gasteiger partial charge is 0.464 e. The predicted octanol–water partition coefficient (Wildman–Crippen LogP) is 6.92. The maximum Gasteiger partial charge on any atom is 0.490 e. The Labute approximate surface area is 374 Å². The van der Waals surface area contributed by atoms with E-state index in [-0.39, 0.29) is 54.3 Å². The maximum absolute atomic E-state index is 14.5. The topological polar surface area (TPSA) is 207 Å². The van der Waals surface area contributed by atoms with Crippen LogP contribution >= 0.6 is 0 Å². The van der Waals surface area contributed by atoms with E-state index >= 15 is 0 Å². The van der Waals surface area contributed by atoms with Crippen LogP contribution in [-0.2, 0) is 41.0 Å². The monoisotopic (exact) mass is 931 g/mol. The van der Waals surface area contributed by atoms with Crippen molar-refractivity contribution in [3.05, 3.63) is 89.2 Å². The number of anilines is 1. The second-order valence-electron chi connectivity index (χ2n) is 16.5. The standard InChI is InChI=1S/C45H48F7N7O7/c1-24-21-30(38(61)54-32-16-18-33(19-17-32)66-42(64)45(50,51)52)13-20-34(24)27-7-3-25(4-8-27)22-35(56-37(60)29-9-5-26(23-53)6-10-29)39(62)55-31-14-11-28(12-15-31)36-57-40(59-58-36)43(46,47)44(48,49)41(63)65-2/h3-4,7-8,11-15,20-21,26,29,32-33,35H,5-6,9-10,16-19,22-23,53H2,1-2H3,(H,54,61)(H,55,62)(H,56,60)(H,57,58,59). The van der Waals surface area contributed by atoms with E-state index in [1.54, 1.807) is 35.4 Å². The summed E-state index contributed by atoms with van der Waals surface area (Å²) in [6.45, 7) is 2.35. The maximum atomic E-state index is 14.5. The molecule has 6 rings (SSSR count). The quantitative estimate of drug-likeness (QED) is 0.0614. The number of ether oxygens (including phenoxy) is 2. The highest BCUT2D eigenvalue weighted by Gasteiger charge is 2.66. The van der Waals surface area contributed by atoms with Crippen LogP contribution in [-0.4, -0.2) is 88.8 Å². The predicted molar refractivity (Wildman–Crippen MR) is 224 cm³/mol. The summed E-state index contributed by atoms with van der Waals surface area (Å²) in [5, 5.41) is 13.9. The van der Waals surface area contributed by atoms with Gasteiger partial charge in [0, 0.05) is 35.2 Å². The molecule has 4 aromatic rings. The van der Waals surface area contributed by atoms with Gasteiger partial charge in [-0.05, 0) is 129 Å². The van der Waals surface area contributed by atoms with E-state index < -0.39 is 59.7 Å². The molecule has 21 heteroatoms. The summed E-state index contributed by atoms with van der Waals surface area (Å²) in [6, 6.07) is 16.6. The second kappa shape index (κ2) is 20.4. The molecule has 66 heavy (non-hydrogen) atoms. The lowest BCUT2D eigenvalue weighted by Crippen LogP contribution is -2.48. The van der Waals surface area contributed by atoms with Crippen molar-refractivity contribution in [2.24, 2.45) is 17.6 Å². The zero-order valence-corrected chi connectivity index (χ0v) is 35.8. The number of esters is 2. The minimum absolute atomic E-state index is 0.0865. The summed E-state index contributed by atoms with van der Waals surface area (Å²) >= 11 is 0. The number of nitrogens with zero attached hydrogens (tertiary/aromatic N) is 2. The van der Waals surface area contributed by atoms with Crippen LogP contribution in [0.2, 0.25) is 0 Å². The third-order valence-corrected chi connectivity index (χ3v) is 11.9. The molecule has 0 aliphatic heterocycles. The molecular formula is C45H48F7N7O7. The lowest BCUT2D eigenvalue weighted by Gasteiger charge is -2.29. The molecule has 2 aliphatic rings. The minimum Gasteiger partial charge on any atom is -0.464 e. The number of carbonyl (C=O) groups is 5. The zero-order valence-electron chi connectivity index (χ0n) is 35.8. The van der Waals surface area contributed by atoms with Gasteiger partial charge < -0.3 is 31.2 Å². The van der Waals surface area contributed by atoms with Crippen LogP contribution in [0.15, 0.2) is 66.7 Å². The number of nitrogens with two attached hydrogens (primary N) is 1. The van der Waals surface area contributed by atoms with Gasteiger partial charge in [-0.15, -0.1) is 0 Å².